The fourth-order valence-corrected chi connectivity index (χ4v) is 12.0. The second-order valence-electron chi connectivity index (χ2n) is 19.1. The molecule has 2 heterocycles. The van der Waals surface area contributed by atoms with E-state index in [0.717, 1.165) is 85.3 Å². The molecule has 0 radical (unpaired) electrons. The second-order valence-corrected chi connectivity index (χ2v) is 19.1. The van der Waals surface area contributed by atoms with Crippen molar-refractivity contribution in [1.29, 1.82) is 0 Å². The van der Waals surface area contributed by atoms with Gasteiger partial charge in [0.25, 0.3) is 11.8 Å². The van der Waals surface area contributed by atoms with Crippen molar-refractivity contribution >= 4 is 34.3 Å². The van der Waals surface area contributed by atoms with Crippen LogP contribution in [0.2, 0.25) is 0 Å². The molecule has 0 aliphatic heterocycles. The Balaban J connectivity index is 0.000000166. The van der Waals surface area contributed by atoms with E-state index in [1.807, 2.05) is 50.2 Å². The summed E-state index contributed by atoms with van der Waals surface area (Å²) in [5.41, 5.74) is 16.4. The average molecular weight is 873 g/mol. The van der Waals surface area contributed by atoms with E-state index in [-0.39, 0.29) is 22.6 Å². The molecule has 6 aromatic rings. The number of fused-ring (bicyclic) bond motifs is 6. The molecular formula is C60H64N4O2. The van der Waals surface area contributed by atoms with Gasteiger partial charge in [0.1, 0.15) is 0 Å². The Morgan fingerprint density at radius 3 is 1.38 bits per heavy atom. The van der Waals surface area contributed by atoms with Gasteiger partial charge in [0.15, 0.2) is 0 Å². The molecule has 0 unspecified atom stereocenters. The number of amides is 2. The van der Waals surface area contributed by atoms with E-state index >= 15 is 0 Å². The standard InChI is InChI=1S/2C30H32N2O/c2*1-3-30-17-16-23(22-9-5-4-6-10-22)20-26(30)12-7-11-24-19-25(14-15-27(24)30)29(33)32-28-13-8-18-31-21(28)2/h2*4-6,8-10,13-16,18-19,26H,3,7,11-12,17,20H2,1-2H3,(H,32,33)/t2*26-,30+/m10/s1. The highest BCUT2D eigenvalue weighted by Crippen LogP contribution is 2.54. The molecule has 4 aliphatic rings. The molecular weight excluding hydrogens is 809 g/mol. The number of allylic oxidation sites excluding steroid dienone is 4. The lowest BCUT2D eigenvalue weighted by Gasteiger charge is -2.44. The smallest absolute Gasteiger partial charge is 0.255 e. The van der Waals surface area contributed by atoms with Crippen LogP contribution in [0.3, 0.4) is 0 Å². The van der Waals surface area contributed by atoms with E-state index < -0.39 is 0 Å². The number of pyridine rings is 2. The molecule has 2 aromatic heterocycles. The summed E-state index contributed by atoms with van der Waals surface area (Å²) >= 11 is 0. The van der Waals surface area contributed by atoms with Crippen molar-refractivity contribution < 1.29 is 9.59 Å². The van der Waals surface area contributed by atoms with Gasteiger partial charge >= 0.3 is 0 Å². The molecule has 0 fully saturated rings. The first kappa shape index (κ1) is 44.8. The molecule has 66 heavy (non-hydrogen) atoms. The van der Waals surface area contributed by atoms with Crippen molar-refractivity contribution in [2.75, 3.05) is 10.6 Å². The van der Waals surface area contributed by atoms with Crippen molar-refractivity contribution in [3.63, 3.8) is 0 Å². The number of rotatable bonds is 8. The van der Waals surface area contributed by atoms with Gasteiger partial charge in [-0.3, -0.25) is 19.6 Å². The summed E-state index contributed by atoms with van der Waals surface area (Å²) in [5.74, 6) is 1.16. The monoisotopic (exact) mass is 873 g/mol. The summed E-state index contributed by atoms with van der Waals surface area (Å²) in [6, 6.07) is 42.1. The first-order valence-electron chi connectivity index (χ1n) is 24.4. The fourth-order valence-electron chi connectivity index (χ4n) is 12.0. The summed E-state index contributed by atoms with van der Waals surface area (Å²) in [6.45, 7) is 8.51. The van der Waals surface area contributed by atoms with Crippen LogP contribution in [-0.2, 0) is 23.7 Å². The topological polar surface area (TPSA) is 84.0 Å². The number of hydrogen-bond donors (Lipinski definition) is 2. The van der Waals surface area contributed by atoms with Crippen molar-refractivity contribution in [3.05, 3.63) is 202 Å². The minimum atomic E-state index is -0.0600. The van der Waals surface area contributed by atoms with Crippen LogP contribution in [0.1, 0.15) is 144 Å². The molecule has 2 amide bonds. The van der Waals surface area contributed by atoms with Crippen molar-refractivity contribution in [2.45, 2.75) is 116 Å². The highest BCUT2D eigenvalue weighted by molar-refractivity contribution is 6.05. The highest BCUT2D eigenvalue weighted by atomic mass is 16.2. The van der Waals surface area contributed by atoms with Gasteiger partial charge in [-0.15, -0.1) is 0 Å². The predicted octanol–water partition coefficient (Wildman–Crippen LogP) is 14.2. The zero-order valence-corrected chi connectivity index (χ0v) is 39.2. The number of aromatic nitrogens is 2. The molecule has 0 spiro atoms. The molecule has 4 aromatic carbocycles. The van der Waals surface area contributed by atoms with Crippen LogP contribution in [0.4, 0.5) is 11.4 Å². The van der Waals surface area contributed by atoms with Gasteiger partial charge in [0.2, 0.25) is 0 Å². The van der Waals surface area contributed by atoms with E-state index in [0.29, 0.717) is 11.8 Å². The highest BCUT2D eigenvalue weighted by Gasteiger charge is 2.44. The molecule has 0 saturated heterocycles. The second kappa shape index (κ2) is 19.6. The van der Waals surface area contributed by atoms with Crippen LogP contribution in [0.25, 0.3) is 11.1 Å². The van der Waals surface area contributed by atoms with E-state index in [1.54, 1.807) is 12.4 Å². The van der Waals surface area contributed by atoms with Crippen molar-refractivity contribution in [3.8, 4) is 0 Å². The quantitative estimate of drug-likeness (QED) is 0.160. The normalized spacial score (nSPS) is 21.9. The minimum absolute atomic E-state index is 0.0600. The molecule has 6 nitrogen and oxygen atoms in total. The molecule has 2 N–H and O–H groups in total. The maximum Gasteiger partial charge on any atom is 0.255 e. The molecule has 4 aliphatic carbocycles. The lowest BCUT2D eigenvalue weighted by Crippen LogP contribution is -2.36. The number of nitrogens with zero attached hydrogens (tertiary/aromatic N) is 2. The first-order valence-corrected chi connectivity index (χ1v) is 24.4. The summed E-state index contributed by atoms with van der Waals surface area (Å²) in [7, 11) is 0. The summed E-state index contributed by atoms with van der Waals surface area (Å²) in [5, 5.41) is 6.08. The number of aryl methyl sites for hydroxylation is 4. The molecule has 6 heteroatoms. The number of anilines is 2. The minimum Gasteiger partial charge on any atom is -0.320 e. The van der Waals surface area contributed by atoms with Crippen LogP contribution < -0.4 is 10.6 Å². The zero-order chi connectivity index (χ0) is 45.7. The van der Waals surface area contributed by atoms with Crippen LogP contribution in [0, 0.1) is 25.7 Å². The fraction of sp³-hybridized carbons (Fsp3) is 0.333. The third-order valence-electron chi connectivity index (χ3n) is 15.8. The van der Waals surface area contributed by atoms with Crippen LogP contribution in [0.15, 0.2) is 146 Å². The molecule has 336 valence electrons. The Kier molecular flexibility index (Phi) is 13.3. The van der Waals surface area contributed by atoms with Gasteiger partial charge in [-0.1, -0.05) is 98.8 Å². The number of carbonyl (C=O) groups is 2. The number of hydrogen-bond acceptors (Lipinski definition) is 4. The third kappa shape index (κ3) is 8.95. The number of carbonyl (C=O) groups excluding carboxylic acids is 2. The molecule has 0 bridgehead atoms. The van der Waals surface area contributed by atoms with E-state index in [9.17, 15) is 9.59 Å². The van der Waals surface area contributed by atoms with Gasteiger partial charge in [-0.25, -0.2) is 0 Å². The van der Waals surface area contributed by atoms with Gasteiger partial charge in [0, 0.05) is 34.4 Å². The van der Waals surface area contributed by atoms with Crippen LogP contribution in [-0.4, -0.2) is 21.8 Å². The van der Waals surface area contributed by atoms with Gasteiger partial charge in [-0.2, -0.15) is 0 Å². The van der Waals surface area contributed by atoms with Gasteiger partial charge < -0.3 is 10.6 Å². The molecule has 0 saturated carbocycles. The third-order valence-corrected chi connectivity index (χ3v) is 15.8. The molecule has 10 rings (SSSR count). The van der Waals surface area contributed by atoms with Gasteiger partial charge in [-0.05, 0) is 196 Å². The summed E-state index contributed by atoms with van der Waals surface area (Å²) in [6.07, 6.45) is 22.1. The van der Waals surface area contributed by atoms with Gasteiger partial charge in [0.05, 0.1) is 22.8 Å². The Hall–Kier alpha value is -6.40. The van der Waals surface area contributed by atoms with Crippen LogP contribution in [0.5, 0.6) is 0 Å². The number of benzene rings is 4. The Morgan fingerprint density at radius 1 is 0.561 bits per heavy atom. The maximum absolute atomic E-state index is 13.0. The summed E-state index contributed by atoms with van der Waals surface area (Å²) in [4.78, 5) is 34.6. The maximum atomic E-state index is 13.0. The predicted molar refractivity (Wildman–Crippen MR) is 271 cm³/mol. The van der Waals surface area contributed by atoms with E-state index in [2.05, 4.69) is 132 Å². The first-order chi connectivity index (χ1) is 32.2. The Morgan fingerprint density at radius 2 is 0.985 bits per heavy atom. The lowest BCUT2D eigenvalue weighted by molar-refractivity contribution is 0.101. The SMILES string of the molecule is CC[C@@]12CC=C(c3ccccc3)C[C@@H]1CCCc1cc(C(=O)Nc3cccnc3C)ccc12.CC[C@]12CC=C(c3ccccc3)C[C@H]1CCCc1cc(C(=O)Nc3cccnc3C)ccc12. The summed E-state index contributed by atoms with van der Waals surface area (Å²) < 4.78 is 0. The van der Waals surface area contributed by atoms with E-state index in [1.165, 1.54) is 70.2 Å². The average Bonchev–Trinajstić information content (AvgIpc) is 3.63. The number of nitrogens with one attached hydrogen (secondary N) is 2. The molecule has 4 atom stereocenters. The zero-order valence-electron chi connectivity index (χ0n) is 39.2. The lowest BCUT2D eigenvalue weighted by atomic mass is 9.60. The largest absolute Gasteiger partial charge is 0.320 e. The van der Waals surface area contributed by atoms with Crippen molar-refractivity contribution in [2.24, 2.45) is 11.8 Å². The Labute approximate surface area is 392 Å². The Bertz CT molecular complexity index is 2580. The van der Waals surface area contributed by atoms with Crippen molar-refractivity contribution in [1.82, 2.24) is 9.97 Å². The van der Waals surface area contributed by atoms with E-state index in [4.69, 9.17) is 0 Å². The van der Waals surface area contributed by atoms with Crippen LogP contribution >= 0.6 is 0 Å².